The molecule has 0 bridgehead atoms. The van der Waals surface area contributed by atoms with Gasteiger partial charge in [-0.25, -0.2) is 4.68 Å². The minimum absolute atomic E-state index is 0.0888. The zero-order valence-corrected chi connectivity index (χ0v) is 22.0. The Labute approximate surface area is 217 Å². The highest BCUT2D eigenvalue weighted by Gasteiger charge is 2.24. The SMILES string of the molecule is CC(C)(c1ccc(OC[C@@H](O)Cn2nncc2CO)cc1)c1ccc(OC[C@H](O)CCl)c(I)c1. The summed E-state index contributed by atoms with van der Waals surface area (Å²) in [5.74, 6) is 1.49. The number of aromatic nitrogens is 3. The zero-order chi connectivity index (χ0) is 24.7. The molecule has 8 nitrogen and oxygen atoms in total. The maximum atomic E-state index is 10.2. The Kier molecular flexibility index (Phi) is 9.55. The molecular weight excluding hydrogens is 573 g/mol. The Morgan fingerprint density at radius 3 is 2.35 bits per heavy atom. The van der Waals surface area contributed by atoms with Crippen molar-refractivity contribution in [2.24, 2.45) is 0 Å². The molecule has 2 aromatic carbocycles. The first-order valence-corrected chi connectivity index (χ1v) is 12.4. The Morgan fingerprint density at radius 1 is 1.03 bits per heavy atom. The zero-order valence-electron chi connectivity index (χ0n) is 19.1. The molecule has 0 saturated carbocycles. The van der Waals surface area contributed by atoms with Gasteiger partial charge in [0.25, 0.3) is 0 Å². The first kappa shape index (κ1) is 26.7. The highest BCUT2D eigenvalue weighted by atomic mass is 127. The van der Waals surface area contributed by atoms with Crippen LogP contribution in [0.25, 0.3) is 0 Å². The van der Waals surface area contributed by atoms with Crippen molar-refractivity contribution in [3.63, 3.8) is 0 Å². The van der Waals surface area contributed by atoms with Gasteiger partial charge in [0.05, 0.1) is 34.5 Å². The number of hydrogen-bond donors (Lipinski definition) is 3. The summed E-state index contributed by atoms with van der Waals surface area (Å²) in [6.45, 7) is 4.53. The van der Waals surface area contributed by atoms with E-state index in [1.165, 1.54) is 10.9 Å². The third-order valence-corrected chi connectivity index (χ3v) is 6.72. The number of nitrogens with zero attached hydrogens (tertiary/aromatic N) is 3. The largest absolute Gasteiger partial charge is 0.491 e. The van der Waals surface area contributed by atoms with E-state index in [0.29, 0.717) is 17.2 Å². The van der Waals surface area contributed by atoms with Crippen molar-refractivity contribution < 1.29 is 24.8 Å². The average molecular weight is 602 g/mol. The highest BCUT2D eigenvalue weighted by Crippen LogP contribution is 2.35. The van der Waals surface area contributed by atoms with Crippen molar-refractivity contribution in [2.75, 3.05) is 19.1 Å². The summed E-state index contributed by atoms with van der Waals surface area (Å²) in [4.78, 5) is 0. The van der Waals surface area contributed by atoms with Gasteiger partial charge in [0.15, 0.2) is 0 Å². The molecule has 3 rings (SSSR count). The fourth-order valence-corrected chi connectivity index (χ4v) is 4.13. The van der Waals surface area contributed by atoms with Crippen LogP contribution in [0, 0.1) is 3.57 Å². The van der Waals surface area contributed by atoms with Crippen molar-refractivity contribution in [3.8, 4) is 11.5 Å². The molecule has 184 valence electrons. The Hall–Kier alpha value is -1.92. The molecular formula is C24H29ClIN3O5. The lowest BCUT2D eigenvalue weighted by molar-refractivity contribution is 0.0866. The molecule has 3 N–H and O–H groups in total. The van der Waals surface area contributed by atoms with Gasteiger partial charge >= 0.3 is 0 Å². The second-order valence-corrected chi connectivity index (χ2v) is 9.91. The van der Waals surface area contributed by atoms with E-state index in [0.717, 1.165) is 14.7 Å². The standard InChI is InChI=1S/C24H29ClIN3O5/c1-24(2,17-5-8-23(22(26)9-17)34-14-19(31)10-25)16-3-6-21(7-4-16)33-15-20(32)12-29-18(13-30)11-27-28-29/h3-9,11,19-20,30-32H,10,12-15H2,1-2H3/t19-,20+/m1/s1. The molecule has 1 heterocycles. The minimum atomic E-state index is -0.795. The van der Waals surface area contributed by atoms with Crippen molar-refractivity contribution in [2.45, 2.75) is 44.6 Å². The van der Waals surface area contributed by atoms with Gasteiger partial charge in [0, 0.05) is 5.41 Å². The van der Waals surface area contributed by atoms with Gasteiger partial charge in [-0.3, -0.25) is 0 Å². The summed E-state index contributed by atoms with van der Waals surface area (Å²) in [6, 6.07) is 13.8. The van der Waals surface area contributed by atoms with E-state index in [-0.39, 0.29) is 37.7 Å². The fourth-order valence-electron chi connectivity index (χ4n) is 3.37. The van der Waals surface area contributed by atoms with E-state index in [4.69, 9.17) is 21.1 Å². The molecule has 0 unspecified atom stereocenters. The molecule has 34 heavy (non-hydrogen) atoms. The third-order valence-electron chi connectivity index (χ3n) is 5.52. The lowest BCUT2D eigenvalue weighted by atomic mass is 9.78. The van der Waals surface area contributed by atoms with Crippen LogP contribution in [0.3, 0.4) is 0 Å². The summed E-state index contributed by atoms with van der Waals surface area (Å²) in [5, 5.41) is 36.7. The van der Waals surface area contributed by atoms with Gasteiger partial charge < -0.3 is 24.8 Å². The number of alkyl halides is 1. The van der Waals surface area contributed by atoms with Crippen LogP contribution < -0.4 is 9.47 Å². The lowest BCUT2D eigenvalue weighted by Gasteiger charge is -2.27. The van der Waals surface area contributed by atoms with Crippen LogP contribution in [-0.2, 0) is 18.6 Å². The lowest BCUT2D eigenvalue weighted by Crippen LogP contribution is -2.25. The molecule has 0 aliphatic heterocycles. The number of halogens is 2. The number of benzene rings is 2. The second-order valence-electron chi connectivity index (χ2n) is 8.44. The molecule has 0 radical (unpaired) electrons. The van der Waals surface area contributed by atoms with Crippen molar-refractivity contribution in [1.29, 1.82) is 0 Å². The summed E-state index contributed by atoms with van der Waals surface area (Å²) in [7, 11) is 0. The van der Waals surface area contributed by atoms with Gasteiger partial charge in [-0.15, -0.1) is 16.7 Å². The van der Waals surface area contributed by atoms with Crippen molar-refractivity contribution in [3.05, 3.63) is 69.1 Å². The quantitative estimate of drug-likeness (QED) is 0.216. The normalized spacial score (nSPS) is 13.5. The molecule has 10 heteroatoms. The molecule has 0 fully saturated rings. The number of ether oxygens (including phenoxy) is 2. The first-order chi connectivity index (χ1) is 16.2. The van der Waals surface area contributed by atoms with Gasteiger partial charge in [-0.05, 0) is 58.0 Å². The molecule has 0 spiro atoms. The monoisotopic (exact) mass is 601 g/mol. The number of hydrogen-bond acceptors (Lipinski definition) is 7. The third kappa shape index (κ3) is 6.82. The Balaban J connectivity index is 1.61. The summed E-state index contributed by atoms with van der Waals surface area (Å²) < 4.78 is 13.8. The van der Waals surface area contributed by atoms with E-state index >= 15 is 0 Å². The number of rotatable bonds is 12. The summed E-state index contributed by atoms with van der Waals surface area (Å²) in [6.07, 6.45) is -0.0331. The summed E-state index contributed by atoms with van der Waals surface area (Å²) >= 11 is 7.86. The van der Waals surface area contributed by atoms with Crippen LogP contribution in [-0.4, -0.2) is 61.6 Å². The van der Waals surface area contributed by atoms with Crippen molar-refractivity contribution in [1.82, 2.24) is 15.0 Å². The van der Waals surface area contributed by atoms with Crippen molar-refractivity contribution >= 4 is 34.2 Å². The van der Waals surface area contributed by atoms with E-state index in [1.54, 1.807) is 0 Å². The van der Waals surface area contributed by atoms with Crippen LogP contribution >= 0.6 is 34.2 Å². The highest BCUT2D eigenvalue weighted by molar-refractivity contribution is 14.1. The Bertz CT molecular complexity index is 1060. The number of aliphatic hydroxyl groups excluding tert-OH is 3. The second kappa shape index (κ2) is 12.2. The topological polar surface area (TPSA) is 110 Å². The van der Waals surface area contributed by atoms with Crippen LogP contribution in [0.2, 0.25) is 0 Å². The predicted octanol–water partition coefficient (Wildman–Crippen LogP) is 3.12. The summed E-state index contributed by atoms with van der Waals surface area (Å²) in [5.41, 5.74) is 2.50. The molecule has 0 aliphatic carbocycles. The smallest absolute Gasteiger partial charge is 0.132 e. The maximum absolute atomic E-state index is 10.2. The van der Waals surface area contributed by atoms with Crippen LogP contribution in [0.4, 0.5) is 0 Å². The predicted molar refractivity (Wildman–Crippen MR) is 137 cm³/mol. The molecule has 0 saturated heterocycles. The number of aliphatic hydroxyl groups is 3. The van der Waals surface area contributed by atoms with Crippen LogP contribution in [0.15, 0.2) is 48.7 Å². The van der Waals surface area contributed by atoms with E-state index in [1.807, 2.05) is 36.4 Å². The van der Waals surface area contributed by atoms with Crippen LogP contribution in [0.5, 0.6) is 11.5 Å². The van der Waals surface area contributed by atoms with Gasteiger partial charge in [-0.2, -0.15) is 0 Å². The van der Waals surface area contributed by atoms with Gasteiger partial charge in [0.1, 0.15) is 36.9 Å². The fraction of sp³-hybridized carbons (Fsp3) is 0.417. The molecule has 0 aliphatic rings. The van der Waals surface area contributed by atoms with Gasteiger partial charge in [-0.1, -0.05) is 37.3 Å². The van der Waals surface area contributed by atoms with Crippen LogP contribution in [0.1, 0.15) is 30.7 Å². The molecule has 2 atom stereocenters. The molecule has 3 aromatic rings. The van der Waals surface area contributed by atoms with E-state index in [2.05, 4.69) is 52.8 Å². The first-order valence-electron chi connectivity index (χ1n) is 10.8. The average Bonchev–Trinajstić information content (AvgIpc) is 3.28. The van der Waals surface area contributed by atoms with E-state index in [9.17, 15) is 15.3 Å². The maximum Gasteiger partial charge on any atom is 0.132 e. The molecule has 1 aromatic heterocycles. The Morgan fingerprint density at radius 2 is 1.71 bits per heavy atom. The minimum Gasteiger partial charge on any atom is -0.491 e. The van der Waals surface area contributed by atoms with Gasteiger partial charge in [0.2, 0.25) is 0 Å². The van der Waals surface area contributed by atoms with E-state index < -0.39 is 12.2 Å². The molecule has 0 amide bonds.